The van der Waals surface area contributed by atoms with Crippen LogP contribution in [-0.2, 0) is 11.0 Å². The van der Waals surface area contributed by atoms with Gasteiger partial charge in [-0.25, -0.2) is 4.39 Å². The molecule has 1 aromatic rings. The molecule has 0 spiro atoms. The summed E-state index contributed by atoms with van der Waals surface area (Å²) < 4.78 is 50.8. The zero-order valence-corrected chi connectivity index (χ0v) is 9.75. The maximum atomic E-state index is 13.7. The quantitative estimate of drug-likeness (QED) is 0.842. The largest absolute Gasteiger partial charge is 0.416 e. The summed E-state index contributed by atoms with van der Waals surface area (Å²) >= 11 is 0. The molecule has 0 bridgehead atoms. The molecule has 1 aliphatic heterocycles. The van der Waals surface area contributed by atoms with Crippen molar-refractivity contribution in [2.75, 3.05) is 18.1 Å². The minimum Gasteiger partial charge on any atom is -0.396 e. The molecule has 3 nitrogen and oxygen atoms in total. The Hall–Kier alpha value is -1.63. The number of aliphatic hydroxyl groups is 1. The van der Waals surface area contributed by atoms with Crippen LogP contribution in [0.4, 0.5) is 23.2 Å². The van der Waals surface area contributed by atoms with Crippen LogP contribution in [0.1, 0.15) is 12.0 Å². The van der Waals surface area contributed by atoms with E-state index in [1.807, 2.05) is 0 Å². The van der Waals surface area contributed by atoms with Crippen molar-refractivity contribution in [2.24, 2.45) is 5.92 Å². The third-order valence-corrected chi connectivity index (χ3v) is 3.03. The van der Waals surface area contributed by atoms with Crippen molar-refractivity contribution in [3.8, 4) is 0 Å². The molecule has 104 valence electrons. The average molecular weight is 277 g/mol. The van der Waals surface area contributed by atoms with Crippen molar-refractivity contribution in [3.63, 3.8) is 0 Å². The van der Waals surface area contributed by atoms with Gasteiger partial charge in [0.2, 0.25) is 5.91 Å². The van der Waals surface area contributed by atoms with Crippen LogP contribution in [-0.4, -0.2) is 24.2 Å². The van der Waals surface area contributed by atoms with E-state index in [2.05, 4.69) is 0 Å². The van der Waals surface area contributed by atoms with Gasteiger partial charge in [-0.3, -0.25) is 4.79 Å². The van der Waals surface area contributed by atoms with Gasteiger partial charge in [-0.2, -0.15) is 13.2 Å². The lowest BCUT2D eigenvalue weighted by Gasteiger charge is -2.18. The second kappa shape index (κ2) is 4.80. The van der Waals surface area contributed by atoms with Crippen LogP contribution in [0.5, 0.6) is 0 Å². The first-order valence-corrected chi connectivity index (χ1v) is 5.61. The van der Waals surface area contributed by atoms with Crippen molar-refractivity contribution in [3.05, 3.63) is 29.6 Å². The van der Waals surface area contributed by atoms with Crippen molar-refractivity contribution in [1.29, 1.82) is 0 Å². The van der Waals surface area contributed by atoms with Crippen molar-refractivity contribution < 1.29 is 27.5 Å². The molecule has 0 aliphatic carbocycles. The van der Waals surface area contributed by atoms with E-state index >= 15 is 0 Å². The Bertz CT molecular complexity index is 501. The van der Waals surface area contributed by atoms with Crippen LogP contribution >= 0.6 is 0 Å². The van der Waals surface area contributed by atoms with E-state index in [-0.39, 0.29) is 31.2 Å². The fourth-order valence-electron chi connectivity index (χ4n) is 2.04. The third-order valence-electron chi connectivity index (χ3n) is 3.03. The molecular weight excluding hydrogens is 266 g/mol. The number of hydrogen-bond donors (Lipinski definition) is 1. The lowest BCUT2D eigenvalue weighted by atomic mass is 10.1. The van der Waals surface area contributed by atoms with E-state index in [4.69, 9.17) is 5.11 Å². The van der Waals surface area contributed by atoms with Gasteiger partial charge in [-0.05, 0) is 18.2 Å². The van der Waals surface area contributed by atoms with Gasteiger partial charge in [-0.1, -0.05) is 0 Å². The molecule has 1 unspecified atom stereocenters. The van der Waals surface area contributed by atoms with E-state index < -0.39 is 23.5 Å². The molecule has 1 saturated heterocycles. The molecule has 0 saturated carbocycles. The maximum Gasteiger partial charge on any atom is 0.416 e. The van der Waals surface area contributed by atoms with Crippen LogP contribution in [0.15, 0.2) is 18.2 Å². The number of aliphatic hydroxyl groups excluding tert-OH is 1. The molecule has 19 heavy (non-hydrogen) atoms. The Kier molecular flexibility index (Phi) is 3.49. The van der Waals surface area contributed by atoms with Gasteiger partial charge in [0.15, 0.2) is 0 Å². The topological polar surface area (TPSA) is 40.5 Å². The number of rotatable bonds is 2. The number of anilines is 1. The monoisotopic (exact) mass is 277 g/mol. The first kappa shape index (κ1) is 13.8. The lowest BCUT2D eigenvalue weighted by molar-refractivity contribution is -0.137. The molecule has 1 N–H and O–H groups in total. The summed E-state index contributed by atoms with van der Waals surface area (Å²) in [6.07, 6.45) is -4.56. The summed E-state index contributed by atoms with van der Waals surface area (Å²) in [6.45, 7) is -0.109. The Morgan fingerprint density at radius 2 is 2.05 bits per heavy atom. The molecule has 1 fully saturated rings. The summed E-state index contributed by atoms with van der Waals surface area (Å²) in [7, 11) is 0. The minimum absolute atomic E-state index is 0.0664. The second-order valence-electron chi connectivity index (χ2n) is 4.42. The number of carbonyl (C=O) groups excluding carboxylic acids is 1. The number of halogens is 4. The highest BCUT2D eigenvalue weighted by molar-refractivity contribution is 5.95. The molecule has 2 rings (SSSR count). The molecule has 1 atom stereocenters. The Labute approximate surface area is 106 Å². The Balaban J connectivity index is 2.30. The first-order chi connectivity index (χ1) is 8.82. The Morgan fingerprint density at radius 3 is 2.53 bits per heavy atom. The summed E-state index contributed by atoms with van der Waals surface area (Å²) in [5.41, 5.74) is -1.28. The van der Waals surface area contributed by atoms with Crippen LogP contribution < -0.4 is 4.90 Å². The highest BCUT2D eigenvalue weighted by Gasteiger charge is 2.34. The molecular formula is C12H11F4NO2. The number of alkyl halides is 3. The number of carbonyl (C=O) groups is 1. The van der Waals surface area contributed by atoms with E-state index in [1.54, 1.807) is 0 Å². The number of hydrogen-bond acceptors (Lipinski definition) is 2. The smallest absolute Gasteiger partial charge is 0.396 e. The second-order valence-corrected chi connectivity index (χ2v) is 4.42. The SMILES string of the molecule is O=C1CC(CO)CN1c1ccc(C(F)(F)F)cc1F. The van der Waals surface area contributed by atoms with Gasteiger partial charge in [0, 0.05) is 25.5 Å². The van der Waals surface area contributed by atoms with Crippen LogP contribution in [0.2, 0.25) is 0 Å². The van der Waals surface area contributed by atoms with Crippen LogP contribution in [0, 0.1) is 11.7 Å². The van der Waals surface area contributed by atoms with Crippen molar-refractivity contribution >= 4 is 11.6 Å². The van der Waals surface area contributed by atoms with E-state index in [9.17, 15) is 22.4 Å². The molecule has 1 aromatic carbocycles. The van der Waals surface area contributed by atoms with Crippen molar-refractivity contribution in [1.82, 2.24) is 0 Å². The molecule has 7 heteroatoms. The zero-order valence-electron chi connectivity index (χ0n) is 9.75. The summed E-state index contributed by atoms with van der Waals surface area (Å²) in [4.78, 5) is 12.7. The van der Waals surface area contributed by atoms with E-state index in [1.165, 1.54) is 0 Å². The molecule has 0 aromatic heterocycles. The Morgan fingerprint density at radius 1 is 1.37 bits per heavy atom. The molecule has 1 amide bonds. The fourth-order valence-corrected chi connectivity index (χ4v) is 2.04. The first-order valence-electron chi connectivity index (χ1n) is 5.61. The normalized spacial score (nSPS) is 20.2. The zero-order chi connectivity index (χ0) is 14.2. The van der Waals surface area contributed by atoms with Crippen LogP contribution in [0.3, 0.4) is 0 Å². The predicted octanol–water partition coefficient (Wildman–Crippen LogP) is 2.19. The van der Waals surface area contributed by atoms with E-state index in [0.29, 0.717) is 6.07 Å². The highest BCUT2D eigenvalue weighted by atomic mass is 19.4. The number of benzene rings is 1. The highest BCUT2D eigenvalue weighted by Crippen LogP contribution is 2.33. The predicted molar refractivity (Wildman–Crippen MR) is 58.9 cm³/mol. The summed E-state index contributed by atoms with van der Waals surface area (Å²) in [6, 6.07) is 2.04. The van der Waals surface area contributed by atoms with Crippen molar-refractivity contribution in [2.45, 2.75) is 12.6 Å². The summed E-state index contributed by atoms with van der Waals surface area (Å²) in [5, 5.41) is 8.95. The lowest BCUT2D eigenvalue weighted by Crippen LogP contribution is -2.26. The number of nitrogens with zero attached hydrogens (tertiary/aromatic N) is 1. The molecule has 1 aliphatic rings. The minimum atomic E-state index is -4.62. The summed E-state index contributed by atoms with van der Waals surface area (Å²) in [5.74, 6) is -1.81. The molecule has 1 heterocycles. The third kappa shape index (κ3) is 2.70. The average Bonchev–Trinajstić information content (AvgIpc) is 2.69. The number of amides is 1. The van der Waals surface area contributed by atoms with Gasteiger partial charge < -0.3 is 10.0 Å². The standard InChI is InChI=1S/C12H11F4NO2/c13-9-4-8(12(14,15)16)1-2-10(9)17-5-7(6-18)3-11(17)19/h1-2,4,7,18H,3,5-6H2. The van der Waals surface area contributed by atoms with E-state index in [0.717, 1.165) is 17.0 Å². The van der Waals surface area contributed by atoms with Gasteiger partial charge in [0.1, 0.15) is 5.82 Å². The van der Waals surface area contributed by atoms with Gasteiger partial charge in [0.05, 0.1) is 11.3 Å². The molecule has 0 radical (unpaired) electrons. The van der Waals surface area contributed by atoms with Gasteiger partial charge >= 0.3 is 6.18 Å². The fraction of sp³-hybridized carbons (Fsp3) is 0.417. The van der Waals surface area contributed by atoms with Gasteiger partial charge in [0.25, 0.3) is 0 Å². The maximum absolute atomic E-state index is 13.7. The van der Waals surface area contributed by atoms with Crippen LogP contribution in [0.25, 0.3) is 0 Å². The van der Waals surface area contributed by atoms with Gasteiger partial charge in [-0.15, -0.1) is 0 Å².